The molecule has 0 saturated carbocycles. The van der Waals surface area contributed by atoms with Crippen LogP contribution in [0.15, 0.2) is 30.2 Å². The van der Waals surface area contributed by atoms with E-state index in [2.05, 4.69) is 31.0 Å². The molecule has 1 aliphatic heterocycles. The lowest BCUT2D eigenvalue weighted by Crippen LogP contribution is -2.35. The van der Waals surface area contributed by atoms with Gasteiger partial charge in [-0.15, -0.1) is 16.4 Å². The van der Waals surface area contributed by atoms with Gasteiger partial charge in [-0.25, -0.2) is 0 Å². The zero-order valence-corrected chi connectivity index (χ0v) is 14.1. The number of carbonyl (C=O) groups excluding carboxylic acids is 1. The summed E-state index contributed by atoms with van der Waals surface area (Å²) >= 11 is 1.37. The van der Waals surface area contributed by atoms with Gasteiger partial charge in [0.25, 0.3) is 5.91 Å². The zero-order valence-electron chi connectivity index (χ0n) is 13.3. The number of hydrogen-bond acceptors (Lipinski definition) is 7. The lowest BCUT2D eigenvalue weighted by molar-refractivity contribution is -0.0272. The van der Waals surface area contributed by atoms with Crippen LogP contribution in [0.5, 0.6) is 0 Å². The number of hydrogen-bond donors (Lipinski definition) is 2. The van der Waals surface area contributed by atoms with Crippen molar-refractivity contribution in [2.45, 2.75) is 18.9 Å². The first kappa shape index (κ1) is 15.9. The second-order valence-corrected chi connectivity index (χ2v) is 6.74. The predicted molar refractivity (Wildman–Crippen MR) is 89.4 cm³/mol. The fraction of sp³-hybridized carbons (Fsp3) is 0.400. The van der Waals surface area contributed by atoms with Crippen molar-refractivity contribution in [2.24, 2.45) is 5.92 Å². The number of aromatic nitrogens is 6. The Morgan fingerprint density at radius 3 is 3.28 bits per heavy atom. The number of rotatable bonds is 5. The molecule has 1 fully saturated rings. The highest BCUT2D eigenvalue weighted by Gasteiger charge is 2.29. The largest absolute Gasteiger partial charge is 0.373 e. The van der Waals surface area contributed by atoms with Gasteiger partial charge in [-0.1, -0.05) is 0 Å². The molecule has 25 heavy (non-hydrogen) atoms. The molecule has 130 valence electrons. The molecule has 0 unspecified atom stereocenters. The third kappa shape index (κ3) is 3.30. The van der Waals surface area contributed by atoms with Crippen molar-refractivity contribution < 1.29 is 9.53 Å². The summed E-state index contributed by atoms with van der Waals surface area (Å²) in [6.45, 7) is 1.27. The van der Waals surface area contributed by atoms with Gasteiger partial charge >= 0.3 is 0 Å². The van der Waals surface area contributed by atoms with E-state index in [-0.39, 0.29) is 17.9 Å². The van der Waals surface area contributed by atoms with Gasteiger partial charge in [-0.3, -0.25) is 9.89 Å². The Bertz CT molecular complexity index is 815. The average molecular weight is 359 g/mol. The van der Waals surface area contributed by atoms with Crippen LogP contribution in [0, 0.1) is 5.92 Å². The molecule has 0 aliphatic carbocycles. The number of tetrazole rings is 1. The predicted octanol–water partition coefficient (Wildman–Crippen LogP) is 1.34. The number of nitrogens with zero attached hydrogens (tertiary/aromatic N) is 5. The van der Waals surface area contributed by atoms with Gasteiger partial charge in [0.15, 0.2) is 0 Å². The zero-order chi connectivity index (χ0) is 17.1. The quantitative estimate of drug-likeness (QED) is 0.711. The maximum Gasteiger partial charge on any atom is 0.263 e. The van der Waals surface area contributed by atoms with Crippen molar-refractivity contribution >= 4 is 17.2 Å². The van der Waals surface area contributed by atoms with Gasteiger partial charge in [0.05, 0.1) is 18.0 Å². The molecular formula is C15H17N7O2S. The molecule has 9 nitrogen and oxygen atoms in total. The van der Waals surface area contributed by atoms with E-state index in [0.717, 1.165) is 25.0 Å². The fourth-order valence-corrected chi connectivity index (χ4v) is 3.86. The normalized spacial score (nSPS) is 20.5. The van der Waals surface area contributed by atoms with Gasteiger partial charge in [0.1, 0.15) is 11.2 Å². The van der Waals surface area contributed by atoms with Gasteiger partial charge in [-0.05, 0) is 34.7 Å². The smallest absolute Gasteiger partial charge is 0.263 e. The van der Waals surface area contributed by atoms with Gasteiger partial charge in [0, 0.05) is 30.8 Å². The SMILES string of the molecule is O=C(NC[C@@H]1CCCO[C@H]1c1cn[nH]c1)c1sccc1-n1cnnn1. The number of amides is 1. The van der Waals surface area contributed by atoms with E-state index in [1.807, 2.05) is 17.6 Å². The van der Waals surface area contributed by atoms with Gasteiger partial charge in [0.2, 0.25) is 0 Å². The number of thiophene rings is 1. The first-order chi connectivity index (χ1) is 12.3. The molecule has 0 radical (unpaired) electrons. The summed E-state index contributed by atoms with van der Waals surface area (Å²) in [4.78, 5) is 13.2. The van der Waals surface area contributed by atoms with Crippen molar-refractivity contribution in [3.8, 4) is 5.69 Å². The molecule has 0 spiro atoms. The molecule has 2 N–H and O–H groups in total. The van der Waals surface area contributed by atoms with E-state index >= 15 is 0 Å². The van der Waals surface area contributed by atoms with E-state index < -0.39 is 0 Å². The fourth-order valence-electron chi connectivity index (χ4n) is 3.07. The van der Waals surface area contributed by atoms with Crippen LogP contribution in [0.2, 0.25) is 0 Å². The summed E-state index contributed by atoms with van der Waals surface area (Å²) in [6.07, 6.45) is 7.04. The first-order valence-electron chi connectivity index (χ1n) is 8.02. The van der Waals surface area contributed by atoms with Crippen molar-refractivity contribution in [3.63, 3.8) is 0 Å². The highest BCUT2D eigenvalue weighted by molar-refractivity contribution is 7.12. The van der Waals surface area contributed by atoms with E-state index in [1.165, 1.54) is 22.3 Å². The molecular weight excluding hydrogens is 342 g/mol. The number of ether oxygens (including phenoxy) is 1. The lowest BCUT2D eigenvalue weighted by atomic mass is 9.91. The van der Waals surface area contributed by atoms with E-state index in [9.17, 15) is 4.79 Å². The Hall–Kier alpha value is -2.59. The molecule has 4 heterocycles. The van der Waals surface area contributed by atoms with Crippen LogP contribution in [0.25, 0.3) is 5.69 Å². The minimum Gasteiger partial charge on any atom is -0.373 e. The molecule has 1 aliphatic rings. The van der Waals surface area contributed by atoms with Crippen LogP contribution in [-0.2, 0) is 4.74 Å². The average Bonchev–Trinajstić information content (AvgIpc) is 3.41. The van der Waals surface area contributed by atoms with Crippen LogP contribution in [-0.4, -0.2) is 49.5 Å². The Morgan fingerprint density at radius 1 is 1.52 bits per heavy atom. The van der Waals surface area contributed by atoms with E-state index in [1.54, 1.807) is 6.20 Å². The monoisotopic (exact) mass is 359 g/mol. The maximum atomic E-state index is 12.6. The van der Waals surface area contributed by atoms with Crippen LogP contribution in [0.4, 0.5) is 0 Å². The van der Waals surface area contributed by atoms with Gasteiger partial charge in [-0.2, -0.15) is 9.78 Å². The number of H-pyrrole nitrogens is 1. The van der Waals surface area contributed by atoms with Crippen molar-refractivity contribution in [2.75, 3.05) is 13.2 Å². The van der Waals surface area contributed by atoms with Gasteiger partial charge < -0.3 is 10.1 Å². The number of nitrogens with one attached hydrogen (secondary N) is 2. The first-order valence-corrected chi connectivity index (χ1v) is 8.90. The van der Waals surface area contributed by atoms with Crippen molar-refractivity contribution in [1.29, 1.82) is 0 Å². The van der Waals surface area contributed by atoms with Crippen LogP contribution in [0.3, 0.4) is 0 Å². The third-order valence-electron chi connectivity index (χ3n) is 4.26. The van der Waals surface area contributed by atoms with Crippen LogP contribution >= 0.6 is 11.3 Å². The molecule has 0 bridgehead atoms. The Labute approximate surface area is 147 Å². The molecule has 2 atom stereocenters. The van der Waals surface area contributed by atoms with E-state index in [4.69, 9.17) is 4.74 Å². The van der Waals surface area contributed by atoms with Crippen molar-refractivity contribution in [1.82, 2.24) is 35.7 Å². The lowest BCUT2D eigenvalue weighted by Gasteiger charge is -2.31. The molecule has 1 saturated heterocycles. The maximum absolute atomic E-state index is 12.6. The standard InChI is InChI=1S/C15H17N7O2S/c23-15(14-12(3-5-25-14)22-9-19-20-21-22)16-6-10-2-1-4-24-13(10)11-7-17-18-8-11/h3,5,7-10,13H,1-2,4,6H2,(H,16,23)(H,17,18)/t10-,13+/m0/s1. The molecule has 4 rings (SSSR count). The number of carbonyl (C=O) groups is 1. The van der Waals surface area contributed by atoms with Crippen LogP contribution < -0.4 is 5.32 Å². The second kappa shape index (κ2) is 7.11. The summed E-state index contributed by atoms with van der Waals surface area (Å²) < 4.78 is 7.39. The van der Waals surface area contributed by atoms with Crippen molar-refractivity contribution in [3.05, 3.63) is 40.6 Å². The Morgan fingerprint density at radius 2 is 2.48 bits per heavy atom. The molecule has 0 aromatic carbocycles. The summed E-state index contributed by atoms with van der Waals surface area (Å²) in [7, 11) is 0. The highest BCUT2D eigenvalue weighted by Crippen LogP contribution is 2.32. The summed E-state index contributed by atoms with van der Waals surface area (Å²) in [5.41, 5.74) is 1.70. The Kier molecular flexibility index (Phi) is 4.53. The minimum atomic E-state index is -0.128. The topological polar surface area (TPSA) is 111 Å². The molecule has 10 heteroatoms. The summed E-state index contributed by atoms with van der Waals surface area (Å²) in [5.74, 6) is 0.0868. The van der Waals surface area contributed by atoms with Crippen LogP contribution in [0.1, 0.15) is 34.2 Å². The minimum absolute atomic E-state index is 0.0462. The summed E-state index contributed by atoms with van der Waals surface area (Å²) in [6, 6.07) is 1.83. The molecule has 1 amide bonds. The van der Waals surface area contributed by atoms with E-state index in [0.29, 0.717) is 17.1 Å². The summed E-state index contributed by atoms with van der Waals surface area (Å²) in [5, 5.41) is 22.8. The molecule has 3 aromatic heterocycles. The molecule has 3 aromatic rings. The highest BCUT2D eigenvalue weighted by atomic mass is 32.1. The second-order valence-electron chi connectivity index (χ2n) is 5.82. The number of aromatic amines is 1. The third-order valence-corrected chi connectivity index (χ3v) is 5.17. The Balaban J connectivity index is 1.44.